The summed E-state index contributed by atoms with van der Waals surface area (Å²) in [4.78, 5) is 13.3. The van der Waals surface area contributed by atoms with E-state index in [9.17, 15) is 18.0 Å². The van der Waals surface area contributed by atoms with E-state index >= 15 is 8.78 Å². The molecule has 0 aliphatic carbocycles. The van der Waals surface area contributed by atoms with Gasteiger partial charge in [0.15, 0.2) is 0 Å². The van der Waals surface area contributed by atoms with Gasteiger partial charge in [-0.25, -0.2) is 18.3 Å². The number of anilines is 1. The van der Waals surface area contributed by atoms with Crippen LogP contribution in [0.15, 0.2) is 54.6 Å². The van der Waals surface area contributed by atoms with Crippen molar-refractivity contribution in [2.45, 2.75) is 65.2 Å². The number of para-hydroxylation sites is 1. The van der Waals surface area contributed by atoms with Crippen molar-refractivity contribution in [2.24, 2.45) is 5.73 Å². The molecule has 3 N–H and O–H groups in total. The monoisotopic (exact) mass is 611 g/mol. The Bertz CT molecular complexity index is 1670. The fourth-order valence-electron chi connectivity index (χ4n) is 6.26. The molecule has 0 saturated heterocycles. The number of primary amides is 1. The van der Waals surface area contributed by atoms with E-state index in [-0.39, 0.29) is 17.7 Å². The molecule has 2 heterocycles. The number of nitrogens with two attached hydrogens (primary N) is 1. The van der Waals surface area contributed by atoms with E-state index in [0.29, 0.717) is 49.2 Å². The zero-order valence-corrected chi connectivity index (χ0v) is 24.7. The first-order chi connectivity index (χ1) is 21.0. The molecule has 2 amide bonds. The van der Waals surface area contributed by atoms with Crippen LogP contribution in [0.2, 0.25) is 0 Å². The van der Waals surface area contributed by atoms with Crippen LogP contribution in [-0.2, 0) is 32.0 Å². The molecule has 4 aromatic rings. The summed E-state index contributed by atoms with van der Waals surface area (Å²) < 4.78 is 74.9. The summed E-state index contributed by atoms with van der Waals surface area (Å²) in [5, 5.41) is 7.03. The van der Waals surface area contributed by atoms with Crippen LogP contribution in [0.4, 0.5) is 32.4 Å². The van der Waals surface area contributed by atoms with Crippen LogP contribution in [0.5, 0.6) is 0 Å². The molecular weight excluding hydrogens is 577 g/mol. The maximum atomic E-state index is 15.9. The van der Waals surface area contributed by atoms with Crippen molar-refractivity contribution in [2.75, 3.05) is 11.9 Å². The topological polar surface area (TPSA) is 76.2 Å². The maximum Gasteiger partial charge on any atom is 0.416 e. The number of aromatic nitrogens is 2. The lowest BCUT2D eigenvalue weighted by atomic mass is 9.93. The number of alkyl halides is 3. The number of amides is 2. The normalized spacial score (nSPS) is 14.4. The fourth-order valence-corrected chi connectivity index (χ4v) is 6.26. The summed E-state index contributed by atoms with van der Waals surface area (Å²) in [6.07, 6.45) is -2.40. The van der Waals surface area contributed by atoms with Crippen molar-refractivity contribution >= 4 is 11.7 Å². The molecule has 232 valence electrons. The van der Waals surface area contributed by atoms with E-state index in [1.54, 1.807) is 10.7 Å². The van der Waals surface area contributed by atoms with Crippen LogP contribution in [0.3, 0.4) is 0 Å². The van der Waals surface area contributed by atoms with E-state index in [2.05, 4.69) is 5.32 Å². The van der Waals surface area contributed by atoms with Crippen LogP contribution in [-0.4, -0.2) is 27.3 Å². The number of carbonyl (C=O) groups is 1. The van der Waals surface area contributed by atoms with Gasteiger partial charge in [-0.2, -0.15) is 18.3 Å². The first-order valence-electron chi connectivity index (χ1n) is 14.7. The van der Waals surface area contributed by atoms with Gasteiger partial charge in [0.05, 0.1) is 28.3 Å². The number of nitrogens with one attached hydrogen (secondary N) is 1. The first-order valence-corrected chi connectivity index (χ1v) is 14.7. The third-order valence-corrected chi connectivity index (χ3v) is 8.26. The van der Waals surface area contributed by atoms with Crippen molar-refractivity contribution in [3.8, 4) is 16.9 Å². The molecular formula is C33H34F5N5O. The summed E-state index contributed by atoms with van der Waals surface area (Å²) in [6, 6.07) is 11.7. The standard InChI is InChI=1S/C33H34F5N5O/c1-4-19-10-9-11-20(5-2)30(19)43-31(22-16-26(35)28(17-25(22)34)40-32(39)44)23-18-42(15-14-27(23)41-43)29(6-3)21-12-7-8-13-24(21)33(36,37)38/h7-13,16-17,29H,4-6,14-15,18H2,1-3H3,(H3,39,40,44). The Morgan fingerprint density at radius 3 is 2.30 bits per heavy atom. The van der Waals surface area contributed by atoms with E-state index in [4.69, 9.17) is 10.8 Å². The summed E-state index contributed by atoms with van der Waals surface area (Å²) in [5.41, 5.74) is 8.43. The lowest BCUT2D eigenvalue weighted by Crippen LogP contribution is -2.35. The Morgan fingerprint density at radius 1 is 1.00 bits per heavy atom. The molecule has 0 saturated carbocycles. The molecule has 1 unspecified atom stereocenters. The molecule has 11 heteroatoms. The second kappa shape index (κ2) is 12.4. The highest BCUT2D eigenvalue weighted by Gasteiger charge is 2.38. The summed E-state index contributed by atoms with van der Waals surface area (Å²) in [5.74, 6) is -1.70. The highest BCUT2D eigenvalue weighted by Crippen LogP contribution is 2.42. The fraction of sp³-hybridized carbons (Fsp3) is 0.333. The molecule has 1 aliphatic rings. The van der Waals surface area contributed by atoms with Crippen molar-refractivity contribution < 1.29 is 26.7 Å². The molecule has 6 nitrogen and oxygen atoms in total. The molecule has 3 aromatic carbocycles. The molecule has 0 spiro atoms. The van der Waals surface area contributed by atoms with Gasteiger partial charge in [0, 0.05) is 42.7 Å². The number of fused-ring (bicyclic) bond motifs is 1. The van der Waals surface area contributed by atoms with E-state index in [1.165, 1.54) is 12.1 Å². The minimum atomic E-state index is -4.53. The van der Waals surface area contributed by atoms with Gasteiger partial charge in [-0.15, -0.1) is 0 Å². The largest absolute Gasteiger partial charge is 0.416 e. The van der Waals surface area contributed by atoms with Crippen LogP contribution in [0.25, 0.3) is 16.9 Å². The number of urea groups is 1. The Kier molecular flexibility index (Phi) is 8.78. The number of nitrogens with zero attached hydrogens (tertiary/aromatic N) is 3. The molecule has 1 aromatic heterocycles. The van der Waals surface area contributed by atoms with E-state index < -0.39 is 41.1 Å². The van der Waals surface area contributed by atoms with Gasteiger partial charge in [0.1, 0.15) is 11.6 Å². The van der Waals surface area contributed by atoms with Gasteiger partial charge in [-0.3, -0.25) is 4.90 Å². The predicted octanol–water partition coefficient (Wildman–Crippen LogP) is 7.96. The van der Waals surface area contributed by atoms with Crippen LogP contribution < -0.4 is 11.1 Å². The van der Waals surface area contributed by atoms with Gasteiger partial charge < -0.3 is 11.1 Å². The maximum absolute atomic E-state index is 15.9. The van der Waals surface area contributed by atoms with Crippen LogP contribution in [0.1, 0.15) is 66.7 Å². The van der Waals surface area contributed by atoms with Gasteiger partial charge in [0.2, 0.25) is 0 Å². The lowest BCUT2D eigenvalue weighted by molar-refractivity contribution is -0.138. The Balaban J connectivity index is 1.72. The minimum absolute atomic E-state index is 0.0789. The third kappa shape index (κ3) is 5.80. The van der Waals surface area contributed by atoms with Crippen LogP contribution in [0, 0.1) is 11.6 Å². The van der Waals surface area contributed by atoms with Crippen LogP contribution >= 0.6 is 0 Å². The van der Waals surface area contributed by atoms with Crippen molar-refractivity contribution in [1.29, 1.82) is 0 Å². The van der Waals surface area contributed by atoms with Crippen molar-refractivity contribution in [3.05, 3.63) is 99.7 Å². The number of rotatable bonds is 8. The average molecular weight is 612 g/mol. The van der Waals surface area contributed by atoms with E-state index in [0.717, 1.165) is 35.0 Å². The van der Waals surface area contributed by atoms with Gasteiger partial charge >= 0.3 is 12.2 Å². The second-order valence-electron chi connectivity index (χ2n) is 10.8. The Morgan fingerprint density at radius 2 is 1.68 bits per heavy atom. The van der Waals surface area contributed by atoms with Crippen molar-refractivity contribution in [1.82, 2.24) is 14.7 Å². The SMILES string of the molecule is CCc1cccc(CC)c1-n1nc2c(c1-c1cc(F)c(NC(N)=O)cc1F)CN(C(CC)c1ccccc1C(F)(F)F)CC2. The Labute approximate surface area is 252 Å². The zero-order chi connectivity index (χ0) is 31.8. The molecule has 1 aliphatic heterocycles. The number of halogens is 5. The summed E-state index contributed by atoms with van der Waals surface area (Å²) in [6.45, 7) is 6.44. The predicted molar refractivity (Wildman–Crippen MR) is 159 cm³/mol. The minimum Gasteiger partial charge on any atom is -0.351 e. The molecule has 0 fully saturated rings. The molecule has 0 bridgehead atoms. The summed E-state index contributed by atoms with van der Waals surface area (Å²) >= 11 is 0. The third-order valence-electron chi connectivity index (χ3n) is 8.26. The zero-order valence-electron chi connectivity index (χ0n) is 24.7. The van der Waals surface area contributed by atoms with Crippen molar-refractivity contribution in [3.63, 3.8) is 0 Å². The molecule has 1 atom stereocenters. The van der Waals surface area contributed by atoms with Gasteiger partial charge in [0.25, 0.3) is 0 Å². The number of carbonyl (C=O) groups excluding carboxylic acids is 1. The second-order valence-corrected chi connectivity index (χ2v) is 10.8. The quantitative estimate of drug-likeness (QED) is 0.199. The molecule has 44 heavy (non-hydrogen) atoms. The average Bonchev–Trinajstić information content (AvgIpc) is 3.36. The molecule has 0 radical (unpaired) electrons. The highest BCUT2D eigenvalue weighted by molar-refractivity contribution is 5.88. The summed E-state index contributed by atoms with van der Waals surface area (Å²) in [7, 11) is 0. The number of benzene rings is 3. The highest BCUT2D eigenvalue weighted by atomic mass is 19.4. The number of hydrogen-bond acceptors (Lipinski definition) is 3. The van der Waals surface area contributed by atoms with E-state index in [1.807, 2.05) is 43.9 Å². The Hall–Kier alpha value is -4.25. The number of hydrogen-bond donors (Lipinski definition) is 2. The first kappa shape index (κ1) is 31.2. The van der Waals surface area contributed by atoms with Gasteiger partial charge in [-0.1, -0.05) is 57.2 Å². The van der Waals surface area contributed by atoms with Gasteiger partial charge in [-0.05, 0) is 48.1 Å². The smallest absolute Gasteiger partial charge is 0.351 e. The molecule has 5 rings (SSSR count). The number of aryl methyl sites for hydroxylation is 2. The lowest BCUT2D eigenvalue weighted by Gasteiger charge is -2.35.